The Morgan fingerprint density at radius 1 is 1.44 bits per heavy atom. The molecule has 0 saturated heterocycles. The molecule has 0 unspecified atom stereocenters. The number of hydrogen-bond acceptors (Lipinski definition) is 4. The number of aliphatic hydroxyl groups is 1. The highest BCUT2D eigenvalue weighted by Gasteiger charge is 2.14. The van der Waals surface area contributed by atoms with E-state index >= 15 is 0 Å². The monoisotopic (exact) mass is 271 g/mol. The summed E-state index contributed by atoms with van der Waals surface area (Å²) < 4.78 is 22.8. The van der Waals surface area contributed by atoms with Crippen LogP contribution in [0, 0.1) is 6.92 Å². The van der Waals surface area contributed by atoms with Crippen LogP contribution in [0.3, 0.4) is 0 Å². The van der Waals surface area contributed by atoms with Gasteiger partial charge in [-0.3, -0.25) is 4.79 Å². The van der Waals surface area contributed by atoms with Gasteiger partial charge in [-0.1, -0.05) is 6.07 Å². The zero-order valence-electron chi connectivity index (χ0n) is 10.6. The van der Waals surface area contributed by atoms with E-state index in [0.717, 1.165) is 6.26 Å². The van der Waals surface area contributed by atoms with Crippen molar-refractivity contribution in [3.8, 4) is 0 Å². The van der Waals surface area contributed by atoms with Gasteiger partial charge in [0.05, 0.1) is 11.0 Å². The maximum absolute atomic E-state index is 11.8. The molecule has 1 aromatic carbocycles. The van der Waals surface area contributed by atoms with E-state index in [4.69, 9.17) is 5.11 Å². The largest absolute Gasteiger partial charge is 0.392 e. The van der Waals surface area contributed by atoms with Crippen LogP contribution in [-0.4, -0.2) is 38.3 Å². The number of rotatable bonds is 4. The molecule has 0 saturated carbocycles. The zero-order chi connectivity index (χ0) is 13.9. The summed E-state index contributed by atoms with van der Waals surface area (Å²) in [7, 11) is -3.34. The SMILES string of the molecule is Cc1ccc(S(C)(=O)=O)cc1C(=O)NC[C@@H](C)O. The molecule has 2 N–H and O–H groups in total. The van der Waals surface area contributed by atoms with Gasteiger partial charge in [-0.05, 0) is 31.5 Å². The zero-order valence-corrected chi connectivity index (χ0v) is 11.4. The molecule has 1 amide bonds. The Bertz CT molecular complexity index is 549. The molecule has 0 heterocycles. The minimum Gasteiger partial charge on any atom is -0.392 e. The minimum absolute atomic E-state index is 0.107. The topological polar surface area (TPSA) is 83.5 Å². The first-order chi connectivity index (χ1) is 8.21. The summed E-state index contributed by atoms with van der Waals surface area (Å²) in [5, 5.41) is 11.6. The molecule has 5 nitrogen and oxygen atoms in total. The fourth-order valence-corrected chi connectivity index (χ4v) is 2.06. The van der Waals surface area contributed by atoms with Crippen molar-refractivity contribution in [1.29, 1.82) is 0 Å². The first-order valence-corrected chi connectivity index (χ1v) is 7.38. The summed E-state index contributed by atoms with van der Waals surface area (Å²) in [5.74, 6) is -0.390. The standard InChI is InChI=1S/C12H17NO4S/c1-8-4-5-10(18(3,16)17)6-11(8)12(15)13-7-9(2)14/h4-6,9,14H,7H2,1-3H3,(H,13,15)/t9-/m1/s1. The van der Waals surface area contributed by atoms with Crippen molar-refractivity contribution in [3.05, 3.63) is 29.3 Å². The average molecular weight is 271 g/mol. The third-order valence-electron chi connectivity index (χ3n) is 2.44. The van der Waals surface area contributed by atoms with Crippen molar-refractivity contribution >= 4 is 15.7 Å². The molecular weight excluding hydrogens is 254 g/mol. The number of carbonyl (C=O) groups excluding carboxylic acids is 1. The second-order valence-electron chi connectivity index (χ2n) is 4.31. The van der Waals surface area contributed by atoms with Crippen molar-refractivity contribution < 1.29 is 18.3 Å². The third-order valence-corrected chi connectivity index (χ3v) is 3.55. The first-order valence-electron chi connectivity index (χ1n) is 5.49. The number of benzene rings is 1. The number of aliphatic hydroxyl groups excluding tert-OH is 1. The van der Waals surface area contributed by atoms with Crippen LogP contribution in [0.15, 0.2) is 23.1 Å². The summed E-state index contributed by atoms with van der Waals surface area (Å²) in [5.41, 5.74) is 0.990. The highest BCUT2D eigenvalue weighted by molar-refractivity contribution is 7.90. The Labute approximate surface area is 107 Å². The normalized spacial score (nSPS) is 13.1. The van der Waals surface area contributed by atoms with Crippen molar-refractivity contribution in [2.45, 2.75) is 24.8 Å². The lowest BCUT2D eigenvalue weighted by atomic mass is 10.1. The second kappa shape index (κ2) is 5.49. The van der Waals surface area contributed by atoms with Crippen molar-refractivity contribution in [3.63, 3.8) is 0 Å². The van der Waals surface area contributed by atoms with Crippen molar-refractivity contribution in [2.75, 3.05) is 12.8 Å². The van der Waals surface area contributed by atoms with E-state index in [0.29, 0.717) is 11.1 Å². The Hall–Kier alpha value is -1.40. The lowest BCUT2D eigenvalue weighted by molar-refractivity contribution is 0.0923. The summed E-state index contributed by atoms with van der Waals surface area (Å²) in [6.07, 6.45) is 0.446. The van der Waals surface area contributed by atoms with Gasteiger partial charge in [0.1, 0.15) is 0 Å². The highest BCUT2D eigenvalue weighted by atomic mass is 32.2. The number of sulfone groups is 1. The van der Waals surface area contributed by atoms with Gasteiger partial charge in [0.2, 0.25) is 0 Å². The molecule has 0 fully saturated rings. The predicted molar refractivity (Wildman–Crippen MR) is 68.3 cm³/mol. The van der Waals surface area contributed by atoms with Crippen LogP contribution >= 0.6 is 0 Å². The molecular formula is C12H17NO4S. The maximum Gasteiger partial charge on any atom is 0.251 e. The summed E-state index contributed by atoms with van der Waals surface area (Å²) >= 11 is 0. The number of aryl methyl sites for hydroxylation is 1. The van der Waals surface area contributed by atoms with Crippen LogP contribution in [0.2, 0.25) is 0 Å². The molecule has 1 aromatic rings. The Morgan fingerprint density at radius 3 is 2.56 bits per heavy atom. The van der Waals surface area contributed by atoms with Crippen LogP contribution in [-0.2, 0) is 9.84 Å². The Morgan fingerprint density at radius 2 is 2.06 bits per heavy atom. The van der Waals surface area contributed by atoms with Crippen LogP contribution in [0.5, 0.6) is 0 Å². The first kappa shape index (κ1) is 14.7. The lowest BCUT2D eigenvalue weighted by Crippen LogP contribution is -2.31. The van der Waals surface area contributed by atoms with E-state index in [1.54, 1.807) is 19.9 Å². The van der Waals surface area contributed by atoms with Crippen LogP contribution in [0.25, 0.3) is 0 Å². The lowest BCUT2D eigenvalue weighted by Gasteiger charge is -2.10. The van der Waals surface area contributed by atoms with Gasteiger partial charge >= 0.3 is 0 Å². The molecule has 1 atom stereocenters. The van der Waals surface area contributed by atoms with E-state index in [9.17, 15) is 13.2 Å². The van der Waals surface area contributed by atoms with Gasteiger partial charge in [-0.25, -0.2) is 8.42 Å². The van der Waals surface area contributed by atoms with E-state index in [2.05, 4.69) is 5.32 Å². The number of amides is 1. The number of carbonyl (C=O) groups is 1. The van der Waals surface area contributed by atoms with Crippen LogP contribution < -0.4 is 5.32 Å². The quantitative estimate of drug-likeness (QED) is 0.835. The number of nitrogens with one attached hydrogen (secondary N) is 1. The third kappa shape index (κ3) is 3.82. The van der Waals surface area contributed by atoms with E-state index in [-0.39, 0.29) is 17.3 Å². The Kier molecular flexibility index (Phi) is 4.48. The smallest absolute Gasteiger partial charge is 0.251 e. The van der Waals surface area contributed by atoms with E-state index < -0.39 is 15.9 Å². The fourth-order valence-electron chi connectivity index (χ4n) is 1.41. The molecule has 100 valence electrons. The summed E-state index contributed by atoms with van der Waals surface area (Å²) in [4.78, 5) is 11.9. The van der Waals surface area contributed by atoms with Crippen LogP contribution in [0.1, 0.15) is 22.8 Å². The number of hydrogen-bond donors (Lipinski definition) is 2. The molecule has 18 heavy (non-hydrogen) atoms. The van der Waals surface area contributed by atoms with Gasteiger partial charge in [0.25, 0.3) is 5.91 Å². The second-order valence-corrected chi connectivity index (χ2v) is 6.32. The fraction of sp³-hybridized carbons (Fsp3) is 0.417. The molecule has 0 bridgehead atoms. The van der Waals surface area contributed by atoms with E-state index in [1.807, 2.05) is 0 Å². The van der Waals surface area contributed by atoms with Crippen molar-refractivity contribution in [1.82, 2.24) is 5.32 Å². The maximum atomic E-state index is 11.8. The van der Waals surface area contributed by atoms with E-state index in [1.165, 1.54) is 12.1 Å². The minimum atomic E-state index is -3.34. The molecule has 0 aliphatic carbocycles. The molecule has 0 spiro atoms. The summed E-state index contributed by atoms with van der Waals surface area (Å²) in [6, 6.07) is 4.41. The summed E-state index contributed by atoms with van der Waals surface area (Å²) in [6.45, 7) is 3.41. The average Bonchev–Trinajstić information content (AvgIpc) is 2.24. The van der Waals surface area contributed by atoms with Gasteiger partial charge in [0.15, 0.2) is 9.84 Å². The van der Waals surface area contributed by atoms with Crippen molar-refractivity contribution in [2.24, 2.45) is 0 Å². The highest BCUT2D eigenvalue weighted by Crippen LogP contribution is 2.15. The van der Waals surface area contributed by atoms with Gasteiger partial charge in [0, 0.05) is 18.4 Å². The van der Waals surface area contributed by atoms with Crippen LogP contribution in [0.4, 0.5) is 0 Å². The molecule has 0 aromatic heterocycles. The molecule has 0 aliphatic rings. The van der Waals surface area contributed by atoms with Gasteiger partial charge in [-0.2, -0.15) is 0 Å². The molecule has 0 radical (unpaired) electrons. The Balaban J connectivity index is 3.05. The van der Waals surface area contributed by atoms with Gasteiger partial charge < -0.3 is 10.4 Å². The molecule has 1 rings (SSSR count). The van der Waals surface area contributed by atoms with Gasteiger partial charge in [-0.15, -0.1) is 0 Å². The molecule has 6 heteroatoms. The predicted octanol–water partition coefficient (Wildman–Crippen LogP) is 0.509. The molecule has 0 aliphatic heterocycles.